The zero-order valence-electron chi connectivity index (χ0n) is 22.0. The number of nitrogens with zero attached hydrogens (tertiary/aromatic N) is 3. The van der Waals surface area contributed by atoms with Gasteiger partial charge >= 0.3 is 0 Å². The molecule has 0 bridgehead atoms. The lowest BCUT2D eigenvalue weighted by atomic mass is 9.95. The minimum absolute atomic E-state index is 0.711. The first-order valence-electron chi connectivity index (χ1n) is 13.6. The molecule has 0 radical (unpaired) electrons. The Bertz CT molecular complexity index is 2130. The molecular weight excluding hydrogens is 518 g/mol. The topological polar surface area (TPSA) is 38.7 Å². The number of aromatic nitrogens is 3. The largest absolute Gasteiger partial charge is 0.237 e. The molecule has 0 atom stereocenters. The van der Waals surface area contributed by atoms with Crippen LogP contribution < -0.4 is 0 Å². The lowest BCUT2D eigenvalue weighted by Gasteiger charge is -2.12. The van der Waals surface area contributed by atoms with Crippen molar-refractivity contribution in [3.63, 3.8) is 0 Å². The molecule has 0 spiro atoms. The number of rotatable bonds is 4. The molecule has 0 unspecified atom stereocenters. The molecule has 0 aliphatic rings. The fourth-order valence-electron chi connectivity index (χ4n) is 5.56. The number of hydrogen-bond acceptors (Lipinski definition) is 4. The van der Waals surface area contributed by atoms with E-state index in [-0.39, 0.29) is 0 Å². The van der Waals surface area contributed by atoms with Gasteiger partial charge in [-0.1, -0.05) is 121 Å². The minimum Gasteiger partial charge on any atom is -0.237 e. The summed E-state index contributed by atoms with van der Waals surface area (Å²) in [6, 6.07) is 48.4. The second-order valence-electron chi connectivity index (χ2n) is 10.1. The van der Waals surface area contributed by atoms with Crippen molar-refractivity contribution in [3.05, 3.63) is 140 Å². The molecule has 0 N–H and O–H groups in total. The molecule has 8 aromatic rings. The summed E-state index contributed by atoms with van der Waals surface area (Å²) in [7, 11) is 0. The summed E-state index contributed by atoms with van der Waals surface area (Å²) in [5, 5.41) is 3.62. The average molecular weight is 542 g/mol. The predicted molar refractivity (Wildman–Crippen MR) is 172 cm³/mol. The first kappa shape index (κ1) is 23.7. The monoisotopic (exact) mass is 541 g/mol. The maximum absolute atomic E-state index is 5.04. The van der Waals surface area contributed by atoms with Gasteiger partial charge in [0.05, 0.1) is 16.9 Å². The van der Waals surface area contributed by atoms with Crippen LogP contribution in [0.2, 0.25) is 0 Å². The Kier molecular flexibility index (Phi) is 5.64. The first-order chi connectivity index (χ1) is 20.3. The molecule has 0 saturated carbocycles. The number of thiophene rings is 1. The van der Waals surface area contributed by atoms with Crippen molar-refractivity contribution in [2.75, 3.05) is 0 Å². The van der Waals surface area contributed by atoms with Crippen molar-refractivity contribution in [3.8, 4) is 45.0 Å². The maximum atomic E-state index is 5.04. The second-order valence-corrected chi connectivity index (χ2v) is 11.1. The van der Waals surface area contributed by atoms with Crippen molar-refractivity contribution in [1.82, 2.24) is 15.0 Å². The number of benzene rings is 5. The Morgan fingerprint density at radius 3 is 1.68 bits per heavy atom. The van der Waals surface area contributed by atoms with E-state index in [0.717, 1.165) is 49.4 Å². The van der Waals surface area contributed by atoms with Crippen LogP contribution in [0, 0.1) is 0 Å². The molecule has 8 rings (SSSR count). The molecule has 5 aromatic carbocycles. The Morgan fingerprint density at radius 1 is 0.439 bits per heavy atom. The summed E-state index contributed by atoms with van der Waals surface area (Å²) in [6.07, 6.45) is 0. The highest BCUT2D eigenvalue weighted by Gasteiger charge is 2.17. The van der Waals surface area contributed by atoms with Crippen molar-refractivity contribution in [2.45, 2.75) is 0 Å². The summed E-state index contributed by atoms with van der Waals surface area (Å²) >= 11 is 1.75. The SMILES string of the molecule is c1ccc(-c2cc(-c3ccccc3)nc(-c3ccc(-c4c5ccccc5nc5sc6ccccc6c45)cc3)n2)cc1. The van der Waals surface area contributed by atoms with Crippen LogP contribution in [0.4, 0.5) is 0 Å². The Labute approximate surface area is 241 Å². The molecular formula is C37H23N3S. The second kappa shape index (κ2) is 9.77. The standard InChI is InChI=1S/C37H23N3S/c1-3-11-24(12-4-1)31-23-32(25-13-5-2-6-14-25)39-36(38-31)27-21-19-26(20-22-27)34-28-15-7-9-17-30(28)40-37-35(34)29-16-8-10-18-33(29)41-37/h1-23H. The highest BCUT2D eigenvalue weighted by Crippen LogP contribution is 2.43. The summed E-state index contributed by atoms with van der Waals surface area (Å²) in [5.41, 5.74) is 8.32. The van der Waals surface area contributed by atoms with E-state index < -0.39 is 0 Å². The van der Waals surface area contributed by atoms with E-state index in [4.69, 9.17) is 15.0 Å². The highest BCUT2D eigenvalue weighted by molar-refractivity contribution is 7.25. The van der Waals surface area contributed by atoms with Gasteiger partial charge in [0.15, 0.2) is 5.82 Å². The van der Waals surface area contributed by atoms with Gasteiger partial charge in [0.2, 0.25) is 0 Å². The van der Waals surface area contributed by atoms with E-state index in [1.165, 1.54) is 21.0 Å². The van der Waals surface area contributed by atoms with Crippen LogP contribution in [0.1, 0.15) is 0 Å². The Balaban J connectivity index is 1.31. The summed E-state index contributed by atoms with van der Waals surface area (Å²) in [4.78, 5) is 16.1. The summed E-state index contributed by atoms with van der Waals surface area (Å²) in [5.74, 6) is 0.711. The van der Waals surface area contributed by atoms with Gasteiger partial charge in [-0.25, -0.2) is 15.0 Å². The molecule has 0 aliphatic carbocycles. The fraction of sp³-hybridized carbons (Fsp3) is 0. The smallest absolute Gasteiger partial charge is 0.160 e. The van der Waals surface area contributed by atoms with E-state index in [9.17, 15) is 0 Å². The van der Waals surface area contributed by atoms with Gasteiger partial charge in [-0.05, 0) is 23.8 Å². The molecule has 41 heavy (non-hydrogen) atoms. The van der Waals surface area contributed by atoms with Crippen molar-refractivity contribution >= 4 is 42.5 Å². The van der Waals surface area contributed by atoms with Crippen LogP contribution in [-0.4, -0.2) is 15.0 Å². The van der Waals surface area contributed by atoms with E-state index in [2.05, 4.69) is 103 Å². The lowest BCUT2D eigenvalue weighted by Crippen LogP contribution is -1.96. The van der Waals surface area contributed by atoms with E-state index >= 15 is 0 Å². The predicted octanol–water partition coefficient (Wildman–Crippen LogP) is 10.1. The van der Waals surface area contributed by atoms with Gasteiger partial charge in [-0.3, -0.25) is 0 Å². The van der Waals surface area contributed by atoms with Crippen LogP contribution >= 0.6 is 11.3 Å². The number of hydrogen-bond donors (Lipinski definition) is 0. The van der Waals surface area contributed by atoms with E-state index in [0.29, 0.717) is 5.82 Å². The number of fused-ring (bicyclic) bond motifs is 4. The van der Waals surface area contributed by atoms with E-state index in [1.54, 1.807) is 11.3 Å². The molecule has 0 aliphatic heterocycles. The molecule has 0 fully saturated rings. The zero-order chi connectivity index (χ0) is 27.2. The third-order valence-electron chi connectivity index (χ3n) is 7.52. The summed E-state index contributed by atoms with van der Waals surface area (Å²) in [6.45, 7) is 0. The van der Waals surface area contributed by atoms with Crippen LogP contribution in [0.5, 0.6) is 0 Å². The van der Waals surface area contributed by atoms with Crippen LogP contribution in [-0.2, 0) is 0 Å². The molecule has 3 aromatic heterocycles. The highest BCUT2D eigenvalue weighted by atomic mass is 32.1. The molecule has 3 nitrogen and oxygen atoms in total. The minimum atomic E-state index is 0.711. The molecule has 0 saturated heterocycles. The maximum Gasteiger partial charge on any atom is 0.160 e. The van der Waals surface area contributed by atoms with Gasteiger partial charge in [-0.2, -0.15) is 0 Å². The quantitative estimate of drug-likeness (QED) is 0.222. The van der Waals surface area contributed by atoms with E-state index in [1.807, 2.05) is 36.4 Å². The van der Waals surface area contributed by atoms with Crippen molar-refractivity contribution < 1.29 is 0 Å². The molecule has 3 heterocycles. The first-order valence-corrected chi connectivity index (χ1v) is 14.4. The van der Waals surface area contributed by atoms with Gasteiger partial charge in [-0.15, -0.1) is 11.3 Å². The van der Waals surface area contributed by atoms with Crippen LogP contribution in [0.25, 0.3) is 76.2 Å². The third-order valence-corrected chi connectivity index (χ3v) is 8.58. The van der Waals surface area contributed by atoms with Gasteiger partial charge in [0, 0.05) is 43.1 Å². The normalized spacial score (nSPS) is 11.4. The van der Waals surface area contributed by atoms with Gasteiger partial charge < -0.3 is 0 Å². The average Bonchev–Trinajstić information content (AvgIpc) is 3.42. The van der Waals surface area contributed by atoms with Crippen LogP contribution in [0.15, 0.2) is 140 Å². The Hall–Kier alpha value is -5.19. The van der Waals surface area contributed by atoms with Crippen molar-refractivity contribution in [1.29, 1.82) is 0 Å². The Morgan fingerprint density at radius 2 is 1.00 bits per heavy atom. The summed E-state index contributed by atoms with van der Waals surface area (Å²) < 4.78 is 1.25. The zero-order valence-corrected chi connectivity index (χ0v) is 22.8. The lowest BCUT2D eigenvalue weighted by molar-refractivity contribution is 1.18. The molecule has 0 amide bonds. The fourth-order valence-corrected chi connectivity index (χ4v) is 6.65. The van der Waals surface area contributed by atoms with Crippen LogP contribution in [0.3, 0.4) is 0 Å². The van der Waals surface area contributed by atoms with Gasteiger partial charge in [0.1, 0.15) is 4.83 Å². The number of pyridine rings is 1. The van der Waals surface area contributed by atoms with Gasteiger partial charge in [0.25, 0.3) is 0 Å². The molecule has 192 valence electrons. The molecule has 4 heteroatoms. The number of para-hydroxylation sites is 1. The third kappa shape index (κ3) is 4.17. The van der Waals surface area contributed by atoms with Crippen molar-refractivity contribution in [2.24, 2.45) is 0 Å².